The molecule has 0 saturated heterocycles. The number of pyridine rings is 1. The molecule has 2 nitrogen and oxygen atoms in total. The fourth-order valence-corrected chi connectivity index (χ4v) is 3.46. The van der Waals surface area contributed by atoms with Gasteiger partial charge < -0.3 is 0 Å². The maximum absolute atomic E-state index is 4.90. The second kappa shape index (κ2) is 7.02. The molecule has 2 aliphatic rings. The van der Waals surface area contributed by atoms with Gasteiger partial charge in [0, 0.05) is 18.7 Å². The predicted octanol–water partition coefficient (Wildman–Crippen LogP) is 5.23. The number of nitrogens with zero attached hydrogens (tertiary/aromatic N) is 2. The molecule has 1 aromatic heterocycles. The van der Waals surface area contributed by atoms with Crippen LogP contribution in [0.1, 0.15) is 30.5 Å². The van der Waals surface area contributed by atoms with Gasteiger partial charge in [0.15, 0.2) is 0 Å². The second-order valence-corrected chi connectivity index (χ2v) is 6.71. The Labute approximate surface area is 149 Å². The van der Waals surface area contributed by atoms with Crippen LogP contribution in [0.5, 0.6) is 0 Å². The Morgan fingerprint density at radius 2 is 1.84 bits per heavy atom. The molecule has 0 saturated carbocycles. The van der Waals surface area contributed by atoms with Crippen LogP contribution in [0.2, 0.25) is 0 Å². The molecule has 0 radical (unpaired) electrons. The summed E-state index contributed by atoms with van der Waals surface area (Å²) in [7, 11) is 0. The first-order chi connectivity index (χ1) is 12.3. The highest BCUT2D eigenvalue weighted by molar-refractivity contribution is 6.11. The quantitative estimate of drug-likeness (QED) is 0.758. The predicted molar refractivity (Wildman–Crippen MR) is 105 cm³/mol. The van der Waals surface area contributed by atoms with Crippen molar-refractivity contribution in [2.24, 2.45) is 10.9 Å². The molecule has 2 heteroatoms. The van der Waals surface area contributed by atoms with Gasteiger partial charge in [0.2, 0.25) is 0 Å². The largest absolute Gasteiger partial charge is 0.284 e. The molecule has 2 heterocycles. The number of allylic oxidation sites excluding steroid dienone is 5. The Balaban J connectivity index is 1.57. The summed E-state index contributed by atoms with van der Waals surface area (Å²) in [5, 5.41) is 0. The molecule has 1 aliphatic heterocycles. The van der Waals surface area contributed by atoms with E-state index in [0.29, 0.717) is 11.8 Å². The third-order valence-corrected chi connectivity index (χ3v) is 4.96. The van der Waals surface area contributed by atoms with Crippen molar-refractivity contribution in [3.8, 4) is 0 Å². The van der Waals surface area contributed by atoms with Gasteiger partial charge in [0.25, 0.3) is 0 Å². The van der Waals surface area contributed by atoms with Crippen LogP contribution in [-0.2, 0) is 0 Å². The van der Waals surface area contributed by atoms with E-state index in [-0.39, 0.29) is 0 Å². The van der Waals surface area contributed by atoms with Gasteiger partial charge in [-0.05, 0) is 53.3 Å². The summed E-state index contributed by atoms with van der Waals surface area (Å²) in [5.74, 6) is 0.874. The normalized spacial score (nSPS) is 22.8. The Hall–Kier alpha value is -2.74. The lowest BCUT2D eigenvalue weighted by Gasteiger charge is -2.23. The number of rotatable bonds is 3. The number of benzene rings is 1. The lowest BCUT2D eigenvalue weighted by Crippen LogP contribution is -2.16. The van der Waals surface area contributed by atoms with E-state index in [1.54, 1.807) is 0 Å². The van der Waals surface area contributed by atoms with E-state index in [1.165, 1.54) is 16.7 Å². The summed E-state index contributed by atoms with van der Waals surface area (Å²) >= 11 is 0. The smallest absolute Gasteiger partial charge is 0.0698 e. The minimum absolute atomic E-state index is 0.384. The fraction of sp³-hybridized carbons (Fsp3) is 0.217. The van der Waals surface area contributed by atoms with Gasteiger partial charge in [-0.3, -0.25) is 9.98 Å². The lowest BCUT2D eigenvalue weighted by atomic mass is 9.84. The summed E-state index contributed by atoms with van der Waals surface area (Å²) < 4.78 is 0. The Kier molecular flexibility index (Phi) is 4.43. The van der Waals surface area contributed by atoms with Crippen LogP contribution in [0, 0.1) is 5.92 Å². The van der Waals surface area contributed by atoms with E-state index in [4.69, 9.17) is 4.99 Å². The van der Waals surface area contributed by atoms with E-state index < -0.39 is 0 Å². The van der Waals surface area contributed by atoms with Crippen molar-refractivity contribution < 1.29 is 0 Å². The zero-order chi connectivity index (χ0) is 17.1. The Morgan fingerprint density at radius 3 is 2.56 bits per heavy atom. The van der Waals surface area contributed by atoms with Gasteiger partial charge in [-0.25, -0.2) is 0 Å². The third kappa shape index (κ3) is 3.39. The van der Waals surface area contributed by atoms with Gasteiger partial charge in [-0.1, -0.05) is 55.5 Å². The molecule has 25 heavy (non-hydrogen) atoms. The molecular weight excluding hydrogens is 304 g/mol. The average molecular weight is 326 g/mol. The minimum Gasteiger partial charge on any atom is -0.284 e. The zero-order valence-corrected chi connectivity index (χ0v) is 14.5. The summed E-state index contributed by atoms with van der Waals surface area (Å²) in [6.07, 6.45) is 11.9. The van der Waals surface area contributed by atoms with Crippen molar-refractivity contribution in [3.05, 3.63) is 95.9 Å². The SMILES string of the molecule is CC1CC=C(c2ccccn2)C=C1C1=NCC(c2ccccc2)C=C1. The standard InChI is InChI=1S/C23H22N2/c1-17-10-11-19(22-9-5-6-14-24-22)15-21(17)23-13-12-20(16-25-23)18-7-3-2-4-8-18/h2-9,11-15,17,20H,10,16H2,1H3. The molecule has 2 atom stereocenters. The summed E-state index contributed by atoms with van der Waals surface area (Å²) in [5.41, 5.74) is 6.03. The average Bonchev–Trinajstić information content (AvgIpc) is 2.70. The monoisotopic (exact) mass is 326 g/mol. The first kappa shape index (κ1) is 15.8. The van der Waals surface area contributed by atoms with Crippen LogP contribution in [0.15, 0.2) is 89.6 Å². The van der Waals surface area contributed by atoms with Crippen LogP contribution in [-0.4, -0.2) is 17.2 Å². The minimum atomic E-state index is 0.384. The van der Waals surface area contributed by atoms with Gasteiger partial charge in [0.1, 0.15) is 0 Å². The Morgan fingerprint density at radius 1 is 1.00 bits per heavy atom. The van der Waals surface area contributed by atoms with Gasteiger partial charge in [-0.2, -0.15) is 0 Å². The van der Waals surface area contributed by atoms with Crippen LogP contribution >= 0.6 is 0 Å². The van der Waals surface area contributed by atoms with Crippen LogP contribution in [0.25, 0.3) is 5.57 Å². The number of hydrogen-bond donors (Lipinski definition) is 0. The molecule has 1 aliphatic carbocycles. The molecule has 124 valence electrons. The molecule has 2 unspecified atom stereocenters. The highest BCUT2D eigenvalue weighted by atomic mass is 14.8. The van der Waals surface area contributed by atoms with Crippen LogP contribution in [0.3, 0.4) is 0 Å². The summed E-state index contributed by atoms with van der Waals surface area (Å²) in [4.78, 5) is 9.39. The number of dihydropyridines is 1. The third-order valence-electron chi connectivity index (χ3n) is 4.96. The van der Waals surface area contributed by atoms with Gasteiger partial charge in [-0.15, -0.1) is 0 Å². The molecule has 0 spiro atoms. The van der Waals surface area contributed by atoms with Crippen molar-refractivity contribution in [1.82, 2.24) is 4.98 Å². The fourth-order valence-electron chi connectivity index (χ4n) is 3.46. The molecule has 0 N–H and O–H groups in total. The summed E-state index contributed by atoms with van der Waals surface area (Å²) in [6, 6.07) is 16.7. The lowest BCUT2D eigenvalue weighted by molar-refractivity contribution is 0.712. The van der Waals surface area contributed by atoms with Crippen molar-refractivity contribution in [2.45, 2.75) is 19.3 Å². The highest BCUT2D eigenvalue weighted by Crippen LogP contribution is 2.31. The number of aromatic nitrogens is 1. The maximum Gasteiger partial charge on any atom is 0.0698 e. The van der Waals surface area contributed by atoms with E-state index >= 15 is 0 Å². The van der Waals surface area contributed by atoms with Crippen molar-refractivity contribution in [2.75, 3.05) is 6.54 Å². The molecule has 0 fully saturated rings. The molecule has 4 rings (SSSR count). The van der Waals surface area contributed by atoms with E-state index in [0.717, 1.165) is 24.4 Å². The van der Waals surface area contributed by atoms with E-state index in [1.807, 2.05) is 18.3 Å². The highest BCUT2D eigenvalue weighted by Gasteiger charge is 2.21. The van der Waals surface area contributed by atoms with E-state index in [9.17, 15) is 0 Å². The molecule has 0 amide bonds. The van der Waals surface area contributed by atoms with Gasteiger partial charge in [0.05, 0.1) is 11.4 Å². The van der Waals surface area contributed by atoms with Gasteiger partial charge >= 0.3 is 0 Å². The maximum atomic E-state index is 4.90. The van der Waals surface area contributed by atoms with Crippen molar-refractivity contribution in [3.63, 3.8) is 0 Å². The first-order valence-electron chi connectivity index (χ1n) is 8.92. The molecule has 1 aromatic carbocycles. The second-order valence-electron chi connectivity index (χ2n) is 6.71. The van der Waals surface area contributed by atoms with Crippen LogP contribution < -0.4 is 0 Å². The van der Waals surface area contributed by atoms with Crippen LogP contribution in [0.4, 0.5) is 0 Å². The van der Waals surface area contributed by atoms with E-state index in [2.05, 4.69) is 72.6 Å². The summed E-state index contributed by atoms with van der Waals surface area (Å²) in [6.45, 7) is 3.10. The Bertz CT molecular complexity index is 857. The number of hydrogen-bond acceptors (Lipinski definition) is 2. The number of aliphatic imine (C=N–C) groups is 1. The van der Waals surface area contributed by atoms with Crippen molar-refractivity contribution in [1.29, 1.82) is 0 Å². The first-order valence-corrected chi connectivity index (χ1v) is 8.92. The zero-order valence-electron chi connectivity index (χ0n) is 14.5. The topological polar surface area (TPSA) is 25.2 Å². The molecular formula is C23H22N2. The molecule has 0 bridgehead atoms. The molecule has 2 aromatic rings. The van der Waals surface area contributed by atoms with Crippen molar-refractivity contribution >= 4 is 11.3 Å².